The van der Waals surface area contributed by atoms with Gasteiger partial charge in [0.1, 0.15) is 6.17 Å². The van der Waals surface area contributed by atoms with E-state index in [1.807, 2.05) is 58.3 Å². The van der Waals surface area contributed by atoms with Crippen molar-refractivity contribution in [3.05, 3.63) is 94.3 Å². The number of anilines is 2. The molecule has 1 fully saturated rings. The van der Waals surface area contributed by atoms with E-state index in [1.54, 1.807) is 0 Å². The first-order valence-corrected chi connectivity index (χ1v) is 11.7. The normalized spacial score (nSPS) is 23.5. The topological polar surface area (TPSA) is 6.48 Å². The van der Waals surface area contributed by atoms with Crippen molar-refractivity contribution >= 4 is 11.4 Å². The number of para-hydroxylation sites is 2. The van der Waals surface area contributed by atoms with Crippen molar-refractivity contribution in [1.82, 2.24) is 0 Å². The highest BCUT2D eigenvalue weighted by Crippen LogP contribution is 2.51. The molecule has 2 unspecified atom stereocenters. The van der Waals surface area contributed by atoms with Crippen molar-refractivity contribution in [2.45, 2.75) is 56.8 Å². The molecule has 0 N–H and O–H groups in total. The molecule has 2 nitrogen and oxygen atoms in total. The van der Waals surface area contributed by atoms with Gasteiger partial charge in [0.2, 0.25) is 5.82 Å². The average Bonchev–Trinajstić information content (AvgIpc) is 2.98. The van der Waals surface area contributed by atoms with Crippen molar-refractivity contribution in [2.24, 2.45) is 0 Å². The Kier molecular flexibility index (Phi) is 5.04. The van der Waals surface area contributed by atoms with E-state index in [0.29, 0.717) is 0 Å². The quantitative estimate of drug-likeness (QED) is 0.219. The highest BCUT2D eigenvalue weighted by atomic mass is 19.2. The first kappa shape index (κ1) is 21.4. The van der Waals surface area contributed by atoms with Gasteiger partial charge >= 0.3 is 0 Å². The molecule has 0 bridgehead atoms. The third-order valence-corrected chi connectivity index (χ3v) is 7.62. The monoisotopic (exact) mass is 470 g/mol. The molecule has 3 aromatic rings. The first-order chi connectivity index (χ1) is 16.5. The van der Waals surface area contributed by atoms with Gasteiger partial charge in [0.25, 0.3) is 0 Å². The Hall–Kier alpha value is -3.09. The van der Waals surface area contributed by atoms with Crippen LogP contribution in [0.25, 0.3) is 0 Å². The number of fused-ring (bicyclic) bond motifs is 7. The molecule has 3 atom stereocenters. The van der Waals surface area contributed by atoms with Gasteiger partial charge in [-0.3, -0.25) is 0 Å². The SMILES string of the molecule is Fc1c(F)c(F)c(C2N3c4ccccc4CCCC3[C@@H]3CCCc4ccccc4N23)c(F)c1F. The molecule has 3 aliphatic heterocycles. The van der Waals surface area contributed by atoms with Crippen LogP contribution in [0.1, 0.15) is 48.5 Å². The lowest BCUT2D eigenvalue weighted by molar-refractivity contribution is 0.363. The number of hydrogen-bond donors (Lipinski definition) is 0. The van der Waals surface area contributed by atoms with Crippen molar-refractivity contribution < 1.29 is 22.0 Å². The van der Waals surface area contributed by atoms with Gasteiger partial charge < -0.3 is 9.80 Å². The largest absolute Gasteiger partial charge is 0.342 e. The summed E-state index contributed by atoms with van der Waals surface area (Å²) in [6.07, 6.45) is 3.75. The molecular formula is C27H23F5N2. The van der Waals surface area contributed by atoms with Crippen LogP contribution >= 0.6 is 0 Å². The van der Waals surface area contributed by atoms with E-state index >= 15 is 8.78 Å². The minimum Gasteiger partial charge on any atom is -0.342 e. The van der Waals surface area contributed by atoms with Crippen LogP contribution in [-0.4, -0.2) is 12.1 Å². The van der Waals surface area contributed by atoms with E-state index in [-0.39, 0.29) is 12.1 Å². The van der Waals surface area contributed by atoms with E-state index in [9.17, 15) is 13.2 Å². The third-order valence-electron chi connectivity index (χ3n) is 7.62. The van der Waals surface area contributed by atoms with Crippen LogP contribution < -0.4 is 9.80 Å². The summed E-state index contributed by atoms with van der Waals surface area (Å²) in [5.41, 5.74) is 2.85. The summed E-state index contributed by atoms with van der Waals surface area (Å²) in [4.78, 5) is 3.85. The van der Waals surface area contributed by atoms with E-state index in [4.69, 9.17) is 0 Å². The Morgan fingerprint density at radius 1 is 0.559 bits per heavy atom. The average molecular weight is 470 g/mol. The van der Waals surface area contributed by atoms with Gasteiger partial charge in [0, 0.05) is 11.4 Å². The van der Waals surface area contributed by atoms with Gasteiger partial charge in [-0.2, -0.15) is 0 Å². The van der Waals surface area contributed by atoms with Gasteiger partial charge in [-0.05, 0) is 61.8 Å². The lowest BCUT2D eigenvalue weighted by Crippen LogP contribution is -2.36. The molecule has 176 valence electrons. The van der Waals surface area contributed by atoms with Crippen LogP contribution in [0.5, 0.6) is 0 Å². The molecule has 0 aliphatic carbocycles. The number of aryl methyl sites for hydroxylation is 2. The number of halogens is 5. The summed E-state index contributed by atoms with van der Waals surface area (Å²) in [7, 11) is 0. The fourth-order valence-electron chi connectivity index (χ4n) is 6.23. The third kappa shape index (κ3) is 2.98. The maximum atomic E-state index is 15.4. The van der Waals surface area contributed by atoms with Crippen molar-refractivity contribution in [1.29, 1.82) is 0 Å². The van der Waals surface area contributed by atoms with Gasteiger partial charge in [-0.1, -0.05) is 36.4 Å². The minimum absolute atomic E-state index is 0.116. The molecule has 3 heterocycles. The Balaban J connectivity index is 1.67. The Labute approximate surface area is 194 Å². The summed E-state index contributed by atoms with van der Waals surface area (Å²) in [6.45, 7) is 0. The predicted molar refractivity (Wildman–Crippen MR) is 120 cm³/mol. The van der Waals surface area contributed by atoms with Crippen molar-refractivity contribution in [3.63, 3.8) is 0 Å². The molecule has 34 heavy (non-hydrogen) atoms. The molecule has 1 saturated heterocycles. The minimum atomic E-state index is -2.13. The summed E-state index contributed by atoms with van der Waals surface area (Å²) in [5, 5.41) is 0. The Morgan fingerprint density at radius 2 is 0.971 bits per heavy atom. The molecule has 0 saturated carbocycles. The van der Waals surface area contributed by atoms with E-state index in [0.717, 1.165) is 61.0 Å². The fraction of sp³-hybridized carbons (Fsp3) is 0.333. The fourth-order valence-corrected chi connectivity index (χ4v) is 6.23. The summed E-state index contributed by atoms with van der Waals surface area (Å²) in [5.74, 6) is -9.45. The lowest BCUT2D eigenvalue weighted by atomic mass is 9.98. The van der Waals surface area contributed by atoms with Crippen LogP contribution in [0, 0.1) is 29.1 Å². The van der Waals surface area contributed by atoms with Gasteiger partial charge in [-0.15, -0.1) is 0 Å². The number of nitrogens with zero attached hydrogens (tertiary/aromatic N) is 2. The molecule has 0 spiro atoms. The zero-order valence-electron chi connectivity index (χ0n) is 18.4. The first-order valence-electron chi connectivity index (χ1n) is 11.7. The summed E-state index contributed by atoms with van der Waals surface area (Å²) in [6, 6.07) is 15.0. The van der Waals surface area contributed by atoms with Gasteiger partial charge in [0.05, 0.1) is 17.6 Å². The summed E-state index contributed by atoms with van der Waals surface area (Å²) < 4.78 is 73.6. The molecule has 7 heteroatoms. The molecule has 0 aromatic heterocycles. The van der Waals surface area contributed by atoms with Crippen LogP contribution in [0.15, 0.2) is 48.5 Å². The second-order valence-corrected chi connectivity index (χ2v) is 9.35. The van der Waals surface area contributed by atoms with E-state index in [2.05, 4.69) is 0 Å². The van der Waals surface area contributed by atoms with Crippen molar-refractivity contribution in [3.8, 4) is 0 Å². The van der Waals surface area contributed by atoms with E-state index < -0.39 is 40.8 Å². The molecule has 3 aliphatic rings. The Morgan fingerprint density at radius 3 is 1.44 bits per heavy atom. The molecule has 6 rings (SSSR count). The van der Waals surface area contributed by atoms with Crippen LogP contribution in [-0.2, 0) is 12.8 Å². The maximum absolute atomic E-state index is 15.4. The van der Waals surface area contributed by atoms with Crippen LogP contribution in [0.2, 0.25) is 0 Å². The van der Waals surface area contributed by atoms with Crippen LogP contribution in [0.4, 0.5) is 33.3 Å². The predicted octanol–water partition coefficient (Wildman–Crippen LogP) is 6.82. The molecule has 0 radical (unpaired) electrons. The van der Waals surface area contributed by atoms with Crippen molar-refractivity contribution in [2.75, 3.05) is 9.80 Å². The highest BCUT2D eigenvalue weighted by molar-refractivity contribution is 5.67. The second kappa shape index (κ2) is 8.00. The highest BCUT2D eigenvalue weighted by Gasteiger charge is 2.52. The smallest absolute Gasteiger partial charge is 0.200 e. The lowest BCUT2D eigenvalue weighted by Gasteiger charge is -2.36. The molecule has 3 aromatic carbocycles. The maximum Gasteiger partial charge on any atom is 0.200 e. The standard InChI is InChI=1S/C27H23F5N2/c28-22-21(23(29)25(31)26(32)24(22)30)27-33-17-11-3-1-7-15(17)9-5-13-19(33)20-14-6-10-16-8-2-4-12-18(16)34(20)27/h1-4,7-8,11-12,19-20,27H,5-6,9-10,13-14H2/t19-,20?,27?/m0/s1. The summed E-state index contributed by atoms with van der Waals surface area (Å²) >= 11 is 0. The number of benzene rings is 3. The van der Waals surface area contributed by atoms with Gasteiger partial charge in [0.15, 0.2) is 23.3 Å². The number of hydrogen-bond acceptors (Lipinski definition) is 2. The van der Waals surface area contributed by atoms with E-state index in [1.165, 1.54) is 0 Å². The Bertz CT molecular complexity index is 1180. The molecule has 0 amide bonds. The van der Waals surface area contributed by atoms with Crippen LogP contribution in [0.3, 0.4) is 0 Å². The van der Waals surface area contributed by atoms with Gasteiger partial charge in [-0.25, -0.2) is 22.0 Å². The zero-order valence-corrected chi connectivity index (χ0v) is 18.4. The molecular weight excluding hydrogens is 447 g/mol. The number of rotatable bonds is 1. The second-order valence-electron chi connectivity index (χ2n) is 9.35. The zero-order chi connectivity index (χ0) is 23.6.